The molecule has 0 unspecified atom stereocenters. The summed E-state index contributed by atoms with van der Waals surface area (Å²) in [6.07, 6.45) is 0. The van der Waals surface area contributed by atoms with Crippen molar-refractivity contribution in [2.45, 2.75) is 13.8 Å². The molecule has 0 saturated carbocycles. The molecular weight excluding hydrogens is 347 g/mol. The number of hydrogen-bond acceptors (Lipinski definition) is 4. The van der Waals surface area contributed by atoms with Gasteiger partial charge in [-0.1, -0.05) is 18.2 Å². The van der Waals surface area contributed by atoms with Gasteiger partial charge in [0, 0.05) is 45.0 Å². The number of carbonyl (C=O) groups is 2. The lowest BCUT2D eigenvalue weighted by molar-refractivity contribution is -0.132. The van der Waals surface area contributed by atoms with Crippen LogP contribution in [-0.4, -0.2) is 78.9 Å². The van der Waals surface area contributed by atoms with Crippen LogP contribution in [0.15, 0.2) is 36.4 Å². The molecule has 1 fully saturated rings. The van der Waals surface area contributed by atoms with Gasteiger partial charge in [0.2, 0.25) is 11.8 Å². The van der Waals surface area contributed by atoms with Crippen LogP contribution in [0.3, 0.4) is 0 Å². The van der Waals surface area contributed by atoms with Crippen LogP contribution < -0.4 is 5.32 Å². The van der Waals surface area contributed by atoms with Gasteiger partial charge in [-0.05, 0) is 32.0 Å². The zero-order chi connectivity index (χ0) is 19.8. The lowest BCUT2D eigenvalue weighted by atomic mass is 10.2. The molecule has 0 radical (unpaired) electrons. The number of rotatable bonds is 8. The summed E-state index contributed by atoms with van der Waals surface area (Å²) in [6.45, 7) is 12.6. The van der Waals surface area contributed by atoms with E-state index >= 15 is 0 Å². The number of halogens is 1. The van der Waals surface area contributed by atoms with Gasteiger partial charge < -0.3 is 10.2 Å². The predicted molar refractivity (Wildman–Crippen MR) is 105 cm³/mol. The van der Waals surface area contributed by atoms with Crippen LogP contribution in [0.25, 0.3) is 0 Å². The molecule has 2 rings (SSSR count). The summed E-state index contributed by atoms with van der Waals surface area (Å²) in [5, 5.41) is 2.71. The number of carbonyl (C=O) groups excluding carboxylic acids is 2. The molecule has 1 heterocycles. The average Bonchev–Trinajstić information content (AvgIpc) is 2.61. The second-order valence-corrected chi connectivity index (χ2v) is 6.98. The first-order valence-electron chi connectivity index (χ1n) is 9.29. The van der Waals surface area contributed by atoms with Crippen molar-refractivity contribution in [1.82, 2.24) is 14.7 Å². The van der Waals surface area contributed by atoms with Crippen molar-refractivity contribution in [2.24, 2.45) is 0 Å². The second-order valence-electron chi connectivity index (χ2n) is 6.98. The fourth-order valence-corrected chi connectivity index (χ4v) is 3.07. The molecule has 0 atom stereocenters. The molecule has 27 heavy (non-hydrogen) atoms. The quantitative estimate of drug-likeness (QED) is 0.703. The first-order valence-corrected chi connectivity index (χ1v) is 9.29. The molecule has 0 bridgehead atoms. The van der Waals surface area contributed by atoms with Gasteiger partial charge in [-0.2, -0.15) is 0 Å². The highest BCUT2D eigenvalue weighted by atomic mass is 19.1. The second kappa shape index (κ2) is 10.2. The third-order valence-corrected chi connectivity index (χ3v) is 4.49. The molecule has 0 aliphatic carbocycles. The van der Waals surface area contributed by atoms with Crippen LogP contribution in [0.5, 0.6) is 0 Å². The minimum Gasteiger partial charge on any atom is -0.338 e. The lowest BCUT2D eigenvalue weighted by Gasteiger charge is -2.35. The van der Waals surface area contributed by atoms with E-state index in [1.807, 2.05) is 18.7 Å². The molecule has 0 spiro atoms. The first-order chi connectivity index (χ1) is 12.9. The van der Waals surface area contributed by atoms with Crippen LogP contribution in [0, 0.1) is 5.82 Å². The van der Waals surface area contributed by atoms with E-state index in [0.717, 1.165) is 31.8 Å². The monoisotopic (exact) mass is 376 g/mol. The largest absolute Gasteiger partial charge is 0.338 e. The summed E-state index contributed by atoms with van der Waals surface area (Å²) in [7, 11) is 0. The number of hydrogen-bond donors (Lipinski definition) is 1. The third-order valence-electron chi connectivity index (χ3n) is 4.49. The SMILES string of the molecule is C=C(C)CN(CC)C(=O)CN1CCN(CC(=O)Nc2cccc(F)c2)CC1. The Morgan fingerprint density at radius 3 is 2.37 bits per heavy atom. The Morgan fingerprint density at radius 1 is 1.19 bits per heavy atom. The number of nitrogens with zero attached hydrogens (tertiary/aromatic N) is 3. The molecule has 148 valence electrons. The van der Waals surface area contributed by atoms with Gasteiger partial charge in [-0.15, -0.1) is 0 Å². The molecule has 0 aromatic heterocycles. The number of likely N-dealkylation sites (N-methyl/N-ethyl adjacent to an activating group) is 1. The van der Waals surface area contributed by atoms with Crippen molar-refractivity contribution >= 4 is 17.5 Å². The first kappa shape index (κ1) is 21.1. The number of benzene rings is 1. The Bertz CT molecular complexity index is 672. The maximum Gasteiger partial charge on any atom is 0.238 e. The Kier molecular flexibility index (Phi) is 7.94. The van der Waals surface area contributed by atoms with Gasteiger partial charge in [-0.25, -0.2) is 4.39 Å². The van der Waals surface area contributed by atoms with E-state index in [9.17, 15) is 14.0 Å². The van der Waals surface area contributed by atoms with Gasteiger partial charge >= 0.3 is 0 Å². The van der Waals surface area contributed by atoms with Gasteiger partial charge in [-0.3, -0.25) is 19.4 Å². The number of amides is 2. The molecular formula is C20H29FN4O2. The van der Waals surface area contributed by atoms with E-state index in [0.29, 0.717) is 25.3 Å². The molecule has 1 aromatic carbocycles. The van der Waals surface area contributed by atoms with Crippen molar-refractivity contribution in [1.29, 1.82) is 0 Å². The van der Waals surface area contributed by atoms with Gasteiger partial charge in [0.1, 0.15) is 5.82 Å². The average molecular weight is 376 g/mol. The fourth-order valence-electron chi connectivity index (χ4n) is 3.07. The van der Waals surface area contributed by atoms with Gasteiger partial charge in [0.05, 0.1) is 13.1 Å². The summed E-state index contributed by atoms with van der Waals surface area (Å²) in [4.78, 5) is 30.5. The lowest BCUT2D eigenvalue weighted by Crippen LogP contribution is -2.51. The maximum absolute atomic E-state index is 13.2. The van der Waals surface area contributed by atoms with Crippen molar-refractivity contribution in [3.8, 4) is 0 Å². The third kappa shape index (κ3) is 7.11. The highest BCUT2D eigenvalue weighted by Crippen LogP contribution is 2.10. The fraction of sp³-hybridized carbons (Fsp3) is 0.500. The van der Waals surface area contributed by atoms with Gasteiger partial charge in [0.15, 0.2) is 0 Å². The molecule has 1 saturated heterocycles. The Morgan fingerprint density at radius 2 is 1.81 bits per heavy atom. The van der Waals surface area contributed by atoms with Crippen LogP contribution in [0.2, 0.25) is 0 Å². The molecule has 6 nitrogen and oxygen atoms in total. The van der Waals surface area contributed by atoms with E-state index in [1.54, 1.807) is 17.0 Å². The van der Waals surface area contributed by atoms with Gasteiger partial charge in [0.25, 0.3) is 0 Å². The van der Waals surface area contributed by atoms with Crippen LogP contribution in [0.4, 0.5) is 10.1 Å². The Hall–Kier alpha value is -2.25. The summed E-state index contributed by atoms with van der Waals surface area (Å²) in [6, 6.07) is 5.86. The zero-order valence-electron chi connectivity index (χ0n) is 16.2. The van der Waals surface area contributed by atoms with Crippen LogP contribution in [-0.2, 0) is 9.59 Å². The van der Waals surface area contributed by atoms with Crippen LogP contribution in [0.1, 0.15) is 13.8 Å². The smallest absolute Gasteiger partial charge is 0.238 e. The van der Waals surface area contributed by atoms with Crippen molar-refractivity contribution in [3.63, 3.8) is 0 Å². The molecule has 2 amide bonds. The van der Waals surface area contributed by atoms with E-state index in [2.05, 4.69) is 16.8 Å². The predicted octanol–water partition coefficient (Wildman–Crippen LogP) is 1.81. The number of piperazine rings is 1. The molecule has 1 aliphatic rings. The summed E-state index contributed by atoms with van der Waals surface area (Å²) in [5.41, 5.74) is 1.43. The van der Waals surface area contributed by atoms with E-state index in [1.165, 1.54) is 12.1 Å². The Labute approximate surface area is 160 Å². The molecule has 1 aromatic rings. The van der Waals surface area contributed by atoms with E-state index in [-0.39, 0.29) is 24.2 Å². The minimum atomic E-state index is -0.376. The van der Waals surface area contributed by atoms with Crippen molar-refractivity contribution in [3.05, 3.63) is 42.2 Å². The summed E-state index contributed by atoms with van der Waals surface area (Å²) >= 11 is 0. The topological polar surface area (TPSA) is 55.9 Å². The summed E-state index contributed by atoms with van der Waals surface area (Å²) < 4.78 is 13.2. The van der Waals surface area contributed by atoms with Crippen molar-refractivity contribution < 1.29 is 14.0 Å². The Balaban J connectivity index is 1.74. The van der Waals surface area contributed by atoms with Crippen LogP contribution >= 0.6 is 0 Å². The van der Waals surface area contributed by atoms with E-state index < -0.39 is 0 Å². The normalized spacial score (nSPS) is 15.4. The van der Waals surface area contributed by atoms with Crippen molar-refractivity contribution in [2.75, 3.05) is 57.7 Å². The number of nitrogens with one attached hydrogen (secondary N) is 1. The zero-order valence-corrected chi connectivity index (χ0v) is 16.2. The number of anilines is 1. The molecule has 1 N–H and O–H groups in total. The highest BCUT2D eigenvalue weighted by Gasteiger charge is 2.22. The maximum atomic E-state index is 13.2. The standard InChI is InChI=1S/C20H29FN4O2/c1-4-25(13-16(2)3)20(27)15-24-10-8-23(9-11-24)14-19(26)22-18-7-5-6-17(21)12-18/h5-7,12H,2,4,8-11,13-15H2,1,3H3,(H,22,26). The summed E-state index contributed by atoms with van der Waals surface area (Å²) in [5.74, 6) is -0.430. The van der Waals surface area contributed by atoms with E-state index in [4.69, 9.17) is 0 Å². The highest BCUT2D eigenvalue weighted by molar-refractivity contribution is 5.92. The minimum absolute atomic E-state index is 0.109. The molecule has 1 aliphatic heterocycles. The molecule has 7 heteroatoms.